The molecule has 0 amide bonds. The molecule has 0 spiro atoms. The third-order valence-electron chi connectivity index (χ3n) is 2.39. The Morgan fingerprint density at radius 2 is 1.53 bits per heavy atom. The van der Waals surface area contributed by atoms with E-state index in [1.165, 1.54) is 0 Å². The minimum absolute atomic E-state index is 0.239. The number of anilines is 1. The van der Waals surface area contributed by atoms with Crippen LogP contribution >= 0.6 is 0 Å². The van der Waals surface area contributed by atoms with Gasteiger partial charge in [0.2, 0.25) is 5.95 Å². The maximum Gasteiger partial charge on any atom is 0.219 e. The summed E-state index contributed by atoms with van der Waals surface area (Å²) in [6, 6.07) is 5.57. The fourth-order valence-corrected chi connectivity index (χ4v) is 1.60. The van der Waals surface area contributed by atoms with Crippen LogP contribution in [0.2, 0.25) is 0 Å². The van der Waals surface area contributed by atoms with Gasteiger partial charge in [-0.1, -0.05) is 6.07 Å². The predicted octanol–water partition coefficient (Wildman–Crippen LogP) is 1.74. The van der Waals surface area contributed by atoms with Crippen LogP contribution in [0.3, 0.4) is 0 Å². The summed E-state index contributed by atoms with van der Waals surface area (Å²) in [7, 11) is 3.22. The van der Waals surface area contributed by atoms with Crippen molar-refractivity contribution in [3.63, 3.8) is 0 Å². The first-order chi connectivity index (χ1) is 8.26. The van der Waals surface area contributed by atoms with Gasteiger partial charge in [0.1, 0.15) is 11.5 Å². The van der Waals surface area contributed by atoms with Gasteiger partial charge >= 0.3 is 0 Å². The lowest BCUT2D eigenvalue weighted by molar-refractivity contribution is 0.397. The van der Waals surface area contributed by atoms with Crippen LogP contribution in [0.5, 0.6) is 11.5 Å². The molecular weight excluding hydrogens is 218 g/mol. The second kappa shape index (κ2) is 4.69. The molecule has 0 unspecified atom stereocenters. The molecule has 5 nitrogen and oxygen atoms in total. The summed E-state index contributed by atoms with van der Waals surface area (Å²) in [5, 5.41) is 0. The number of hydrogen-bond donors (Lipinski definition) is 1. The summed E-state index contributed by atoms with van der Waals surface area (Å²) in [5.41, 5.74) is 7.08. The minimum atomic E-state index is 0.239. The van der Waals surface area contributed by atoms with E-state index in [9.17, 15) is 0 Å². The maximum absolute atomic E-state index is 5.46. The second-order valence-electron chi connectivity index (χ2n) is 3.37. The molecule has 0 aliphatic rings. The normalized spacial score (nSPS) is 10.0. The van der Waals surface area contributed by atoms with E-state index < -0.39 is 0 Å². The van der Waals surface area contributed by atoms with Crippen molar-refractivity contribution in [2.75, 3.05) is 20.0 Å². The Morgan fingerprint density at radius 3 is 2.00 bits per heavy atom. The molecule has 17 heavy (non-hydrogen) atoms. The fourth-order valence-electron chi connectivity index (χ4n) is 1.60. The molecule has 0 saturated carbocycles. The molecule has 0 atom stereocenters. The summed E-state index contributed by atoms with van der Waals surface area (Å²) in [6.07, 6.45) is 3.28. The van der Waals surface area contributed by atoms with Gasteiger partial charge in [0, 0.05) is 18.0 Å². The monoisotopic (exact) mass is 231 g/mol. The van der Waals surface area contributed by atoms with Crippen LogP contribution < -0.4 is 15.2 Å². The Balaban J connectivity index is 2.59. The van der Waals surface area contributed by atoms with E-state index in [1.807, 2.05) is 18.2 Å². The third-order valence-corrected chi connectivity index (χ3v) is 2.39. The molecular formula is C12H13N3O2. The van der Waals surface area contributed by atoms with Gasteiger partial charge in [-0.05, 0) is 12.1 Å². The van der Waals surface area contributed by atoms with Crippen LogP contribution in [0.25, 0.3) is 11.1 Å². The van der Waals surface area contributed by atoms with Crippen LogP contribution in [-0.4, -0.2) is 24.2 Å². The number of rotatable bonds is 3. The van der Waals surface area contributed by atoms with Gasteiger partial charge in [0.25, 0.3) is 0 Å². The van der Waals surface area contributed by atoms with E-state index in [2.05, 4.69) is 9.97 Å². The quantitative estimate of drug-likeness (QED) is 0.871. The summed E-state index contributed by atoms with van der Waals surface area (Å²) in [6.45, 7) is 0. The van der Waals surface area contributed by atoms with E-state index in [-0.39, 0.29) is 5.95 Å². The predicted molar refractivity (Wildman–Crippen MR) is 65.0 cm³/mol. The molecule has 0 radical (unpaired) electrons. The largest absolute Gasteiger partial charge is 0.496 e. The van der Waals surface area contributed by atoms with E-state index in [0.717, 1.165) is 11.1 Å². The van der Waals surface area contributed by atoms with Crippen LogP contribution in [0, 0.1) is 0 Å². The Labute approximate surface area is 99.2 Å². The van der Waals surface area contributed by atoms with Crippen LogP contribution in [0.1, 0.15) is 0 Å². The van der Waals surface area contributed by atoms with E-state index in [4.69, 9.17) is 15.2 Å². The van der Waals surface area contributed by atoms with Crippen molar-refractivity contribution in [1.29, 1.82) is 0 Å². The lowest BCUT2D eigenvalue weighted by Crippen LogP contribution is -1.96. The number of nitrogen functional groups attached to an aromatic ring is 1. The maximum atomic E-state index is 5.46. The molecule has 2 aromatic rings. The molecule has 0 fully saturated rings. The van der Waals surface area contributed by atoms with Crippen molar-refractivity contribution in [2.24, 2.45) is 0 Å². The third kappa shape index (κ3) is 2.13. The number of hydrogen-bond acceptors (Lipinski definition) is 5. The molecule has 2 rings (SSSR count). The van der Waals surface area contributed by atoms with Gasteiger partial charge in [-0.25, -0.2) is 9.97 Å². The fraction of sp³-hybridized carbons (Fsp3) is 0.167. The second-order valence-corrected chi connectivity index (χ2v) is 3.37. The zero-order chi connectivity index (χ0) is 12.3. The highest BCUT2D eigenvalue weighted by atomic mass is 16.5. The first-order valence-electron chi connectivity index (χ1n) is 5.05. The average molecular weight is 231 g/mol. The van der Waals surface area contributed by atoms with Gasteiger partial charge in [-0.2, -0.15) is 0 Å². The zero-order valence-electron chi connectivity index (χ0n) is 9.68. The molecule has 0 aliphatic carbocycles. The summed E-state index contributed by atoms with van der Waals surface area (Å²) in [5.74, 6) is 1.65. The summed E-state index contributed by atoms with van der Waals surface area (Å²) >= 11 is 0. The molecule has 0 saturated heterocycles. The van der Waals surface area contributed by atoms with Crippen molar-refractivity contribution >= 4 is 5.95 Å². The highest BCUT2D eigenvalue weighted by Crippen LogP contribution is 2.37. The van der Waals surface area contributed by atoms with Gasteiger partial charge < -0.3 is 15.2 Å². The number of nitrogens with two attached hydrogens (primary N) is 1. The molecule has 5 heteroatoms. The Bertz CT molecular complexity index is 489. The van der Waals surface area contributed by atoms with Crippen molar-refractivity contribution < 1.29 is 9.47 Å². The molecule has 0 bridgehead atoms. The van der Waals surface area contributed by atoms with Crippen LogP contribution in [0.4, 0.5) is 5.95 Å². The number of nitrogens with zero attached hydrogens (tertiary/aromatic N) is 2. The number of aromatic nitrogens is 2. The minimum Gasteiger partial charge on any atom is -0.496 e. The highest BCUT2D eigenvalue weighted by molar-refractivity contribution is 5.76. The number of methoxy groups -OCH3 is 2. The SMILES string of the molecule is COc1cccc(OC)c1-c1cnc(N)nc1. The van der Waals surface area contributed by atoms with Crippen molar-refractivity contribution in [3.05, 3.63) is 30.6 Å². The van der Waals surface area contributed by atoms with Crippen molar-refractivity contribution in [3.8, 4) is 22.6 Å². The summed E-state index contributed by atoms with van der Waals surface area (Å²) < 4.78 is 10.6. The smallest absolute Gasteiger partial charge is 0.219 e. The molecule has 1 aromatic carbocycles. The first-order valence-corrected chi connectivity index (χ1v) is 5.05. The lowest BCUT2D eigenvalue weighted by Gasteiger charge is -2.12. The molecule has 2 N–H and O–H groups in total. The van der Waals surface area contributed by atoms with Crippen LogP contribution in [-0.2, 0) is 0 Å². The molecule has 0 aliphatic heterocycles. The summed E-state index contributed by atoms with van der Waals surface area (Å²) in [4.78, 5) is 7.92. The Morgan fingerprint density at radius 1 is 1.00 bits per heavy atom. The first kappa shape index (κ1) is 11.2. The van der Waals surface area contributed by atoms with Crippen molar-refractivity contribution in [2.45, 2.75) is 0 Å². The topological polar surface area (TPSA) is 70.3 Å². The lowest BCUT2D eigenvalue weighted by atomic mass is 10.1. The highest BCUT2D eigenvalue weighted by Gasteiger charge is 2.12. The van der Waals surface area contributed by atoms with E-state index in [0.29, 0.717) is 11.5 Å². The van der Waals surface area contributed by atoms with Gasteiger partial charge in [0.15, 0.2) is 0 Å². The average Bonchev–Trinajstić information content (AvgIpc) is 2.38. The van der Waals surface area contributed by atoms with Crippen molar-refractivity contribution in [1.82, 2.24) is 9.97 Å². The number of ether oxygens (including phenoxy) is 2. The Hall–Kier alpha value is -2.30. The van der Waals surface area contributed by atoms with E-state index >= 15 is 0 Å². The zero-order valence-corrected chi connectivity index (χ0v) is 9.68. The standard InChI is InChI=1S/C12H13N3O2/c1-16-9-4-3-5-10(17-2)11(9)8-6-14-12(13)15-7-8/h3-7H,1-2H3,(H2,13,14,15). The van der Waals surface area contributed by atoms with Gasteiger partial charge in [-0.3, -0.25) is 0 Å². The molecule has 1 heterocycles. The van der Waals surface area contributed by atoms with Crippen LogP contribution in [0.15, 0.2) is 30.6 Å². The van der Waals surface area contributed by atoms with E-state index in [1.54, 1.807) is 26.6 Å². The molecule has 1 aromatic heterocycles. The van der Waals surface area contributed by atoms with Gasteiger partial charge in [0.05, 0.1) is 19.8 Å². The Kier molecular flexibility index (Phi) is 3.09. The number of benzene rings is 1. The molecule has 88 valence electrons. The van der Waals surface area contributed by atoms with Gasteiger partial charge in [-0.15, -0.1) is 0 Å².